The maximum absolute atomic E-state index is 13.4. The number of likely N-dealkylation sites (tertiary alicyclic amines) is 1. The summed E-state index contributed by atoms with van der Waals surface area (Å²) < 4.78 is 19.1. The number of rotatable bonds is 4. The third-order valence-corrected chi connectivity index (χ3v) is 4.65. The van der Waals surface area contributed by atoms with Crippen LogP contribution in [0.3, 0.4) is 0 Å². The van der Waals surface area contributed by atoms with Crippen LogP contribution in [0.4, 0.5) is 4.39 Å². The van der Waals surface area contributed by atoms with Crippen molar-refractivity contribution < 1.29 is 13.9 Å². The van der Waals surface area contributed by atoms with Crippen molar-refractivity contribution in [1.82, 2.24) is 10.2 Å². The highest BCUT2D eigenvalue weighted by Gasteiger charge is 2.26. The molecule has 0 aliphatic carbocycles. The molecule has 23 heavy (non-hydrogen) atoms. The molecule has 3 rings (SSSR count). The summed E-state index contributed by atoms with van der Waals surface area (Å²) in [5.74, 6) is 0.128. The van der Waals surface area contributed by atoms with Gasteiger partial charge in [-0.1, -0.05) is 6.07 Å². The number of piperidine rings is 1. The predicted molar refractivity (Wildman–Crippen MR) is 85.7 cm³/mol. The van der Waals surface area contributed by atoms with Crippen LogP contribution in [0, 0.1) is 5.82 Å². The third-order valence-electron chi connectivity index (χ3n) is 4.65. The van der Waals surface area contributed by atoms with E-state index in [9.17, 15) is 9.18 Å². The molecule has 1 saturated heterocycles. The molecule has 0 bridgehead atoms. The van der Waals surface area contributed by atoms with Crippen LogP contribution in [0.15, 0.2) is 18.2 Å². The molecular formula is C17H24FN3O2. The number of hydrogen-bond acceptors (Lipinski definition) is 4. The van der Waals surface area contributed by atoms with Gasteiger partial charge in [0.25, 0.3) is 0 Å². The molecule has 0 saturated carbocycles. The van der Waals surface area contributed by atoms with Gasteiger partial charge < -0.3 is 15.8 Å². The molecule has 1 fully saturated rings. The topological polar surface area (TPSA) is 67.6 Å². The smallest absolute Gasteiger partial charge is 0.231 e. The maximum Gasteiger partial charge on any atom is 0.231 e. The molecule has 1 amide bonds. The van der Waals surface area contributed by atoms with Crippen LogP contribution in [-0.4, -0.2) is 43.1 Å². The minimum absolute atomic E-state index is 0.195. The van der Waals surface area contributed by atoms with Gasteiger partial charge in [-0.2, -0.15) is 0 Å². The maximum atomic E-state index is 13.4. The average Bonchev–Trinajstić information content (AvgIpc) is 2.71. The van der Waals surface area contributed by atoms with Crippen LogP contribution in [0.5, 0.6) is 5.75 Å². The molecule has 3 N–H and O–H groups in total. The SMILES string of the molecule is NC(=O)CN1CCC(N[C@H]2CCCOc3cc(F)ccc32)CC1. The van der Waals surface area contributed by atoms with E-state index >= 15 is 0 Å². The number of primary amides is 1. The zero-order valence-corrected chi connectivity index (χ0v) is 13.3. The summed E-state index contributed by atoms with van der Waals surface area (Å²) in [5.41, 5.74) is 6.29. The van der Waals surface area contributed by atoms with Gasteiger partial charge in [0.1, 0.15) is 11.6 Å². The Morgan fingerprint density at radius 2 is 2.13 bits per heavy atom. The van der Waals surface area contributed by atoms with Crippen LogP contribution in [0.2, 0.25) is 0 Å². The van der Waals surface area contributed by atoms with E-state index in [-0.39, 0.29) is 17.8 Å². The summed E-state index contributed by atoms with van der Waals surface area (Å²) in [6, 6.07) is 5.40. The molecule has 5 nitrogen and oxygen atoms in total. The molecule has 2 heterocycles. The fraction of sp³-hybridized carbons (Fsp3) is 0.588. The number of carbonyl (C=O) groups excluding carboxylic acids is 1. The van der Waals surface area contributed by atoms with E-state index in [0.717, 1.165) is 44.3 Å². The second-order valence-electron chi connectivity index (χ2n) is 6.41. The first-order valence-corrected chi connectivity index (χ1v) is 8.31. The van der Waals surface area contributed by atoms with E-state index in [1.165, 1.54) is 12.1 Å². The standard InChI is InChI=1S/C17H24FN3O2/c18-12-3-4-14-15(2-1-9-23-16(14)10-12)20-13-5-7-21(8-6-13)11-17(19)22/h3-4,10,13,15,20H,1-2,5-9,11H2,(H2,19,22)/t15-/m0/s1. The van der Waals surface area contributed by atoms with Gasteiger partial charge in [-0.25, -0.2) is 4.39 Å². The van der Waals surface area contributed by atoms with Gasteiger partial charge in [-0.3, -0.25) is 9.69 Å². The molecule has 1 aromatic carbocycles. The van der Waals surface area contributed by atoms with Gasteiger partial charge in [0.15, 0.2) is 0 Å². The van der Waals surface area contributed by atoms with E-state index in [4.69, 9.17) is 10.5 Å². The molecule has 0 aromatic heterocycles. The summed E-state index contributed by atoms with van der Waals surface area (Å²) in [6.07, 6.45) is 3.91. The van der Waals surface area contributed by atoms with Crippen LogP contribution >= 0.6 is 0 Å². The molecule has 0 unspecified atom stereocenters. The summed E-state index contributed by atoms with van der Waals surface area (Å²) in [5, 5.41) is 3.70. The summed E-state index contributed by atoms with van der Waals surface area (Å²) >= 11 is 0. The zero-order chi connectivity index (χ0) is 16.2. The molecule has 2 aliphatic rings. The average molecular weight is 321 g/mol. The minimum atomic E-state index is -0.270. The number of halogens is 1. The largest absolute Gasteiger partial charge is 0.493 e. The normalized spacial score (nSPS) is 22.9. The van der Waals surface area contributed by atoms with E-state index in [0.29, 0.717) is 24.9 Å². The van der Waals surface area contributed by atoms with E-state index < -0.39 is 0 Å². The van der Waals surface area contributed by atoms with Crippen LogP contribution in [0.25, 0.3) is 0 Å². The van der Waals surface area contributed by atoms with Gasteiger partial charge in [-0.05, 0) is 31.7 Å². The Kier molecular flexibility index (Phi) is 5.13. The van der Waals surface area contributed by atoms with Crippen molar-refractivity contribution in [2.24, 2.45) is 5.73 Å². The highest BCUT2D eigenvalue weighted by Crippen LogP contribution is 2.33. The Labute approximate surface area is 136 Å². The monoisotopic (exact) mass is 321 g/mol. The lowest BCUT2D eigenvalue weighted by Gasteiger charge is -2.34. The highest BCUT2D eigenvalue weighted by molar-refractivity contribution is 5.75. The molecule has 6 heteroatoms. The highest BCUT2D eigenvalue weighted by atomic mass is 19.1. The summed E-state index contributed by atoms with van der Waals surface area (Å²) in [4.78, 5) is 13.1. The van der Waals surface area contributed by atoms with E-state index in [1.807, 2.05) is 6.07 Å². The van der Waals surface area contributed by atoms with Gasteiger partial charge in [0.05, 0.1) is 13.2 Å². The number of nitrogens with one attached hydrogen (secondary N) is 1. The molecule has 0 radical (unpaired) electrons. The summed E-state index contributed by atoms with van der Waals surface area (Å²) in [7, 11) is 0. The van der Waals surface area contributed by atoms with Gasteiger partial charge in [-0.15, -0.1) is 0 Å². The number of nitrogens with zero attached hydrogens (tertiary/aromatic N) is 1. The van der Waals surface area contributed by atoms with Gasteiger partial charge >= 0.3 is 0 Å². The van der Waals surface area contributed by atoms with Gasteiger partial charge in [0, 0.05) is 36.8 Å². The quantitative estimate of drug-likeness (QED) is 0.883. The molecule has 2 aliphatic heterocycles. The molecule has 1 aromatic rings. The van der Waals surface area contributed by atoms with Crippen molar-refractivity contribution in [1.29, 1.82) is 0 Å². The number of carbonyl (C=O) groups is 1. The van der Waals surface area contributed by atoms with E-state index in [2.05, 4.69) is 10.2 Å². The number of ether oxygens (including phenoxy) is 1. The van der Waals surface area contributed by atoms with Crippen LogP contribution in [0.1, 0.15) is 37.3 Å². The summed E-state index contributed by atoms with van der Waals surface area (Å²) in [6.45, 7) is 2.72. The zero-order valence-electron chi connectivity index (χ0n) is 13.3. The number of hydrogen-bond donors (Lipinski definition) is 2. The van der Waals surface area contributed by atoms with Crippen molar-refractivity contribution in [3.63, 3.8) is 0 Å². The molecular weight excluding hydrogens is 297 g/mol. The van der Waals surface area contributed by atoms with Crippen LogP contribution < -0.4 is 15.8 Å². The Morgan fingerprint density at radius 1 is 1.35 bits per heavy atom. The van der Waals surface area contributed by atoms with E-state index in [1.54, 1.807) is 0 Å². The second kappa shape index (κ2) is 7.27. The van der Waals surface area contributed by atoms with Crippen molar-refractivity contribution in [2.45, 2.75) is 37.8 Å². The van der Waals surface area contributed by atoms with Crippen molar-refractivity contribution in [3.8, 4) is 5.75 Å². The number of amides is 1. The van der Waals surface area contributed by atoms with Crippen molar-refractivity contribution in [2.75, 3.05) is 26.2 Å². The van der Waals surface area contributed by atoms with Gasteiger partial charge in [0.2, 0.25) is 5.91 Å². The Hall–Kier alpha value is -1.66. The fourth-order valence-corrected chi connectivity index (χ4v) is 3.48. The Bertz CT molecular complexity index is 559. The molecule has 1 atom stereocenters. The van der Waals surface area contributed by atoms with Crippen molar-refractivity contribution in [3.05, 3.63) is 29.6 Å². The lowest BCUT2D eigenvalue weighted by Crippen LogP contribution is -2.46. The molecule has 0 spiro atoms. The van der Waals surface area contributed by atoms with Crippen molar-refractivity contribution >= 4 is 5.91 Å². The number of nitrogens with two attached hydrogens (primary N) is 1. The fourth-order valence-electron chi connectivity index (χ4n) is 3.48. The number of benzene rings is 1. The second-order valence-corrected chi connectivity index (χ2v) is 6.41. The molecule has 126 valence electrons. The Morgan fingerprint density at radius 3 is 2.87 bits per heavy atom. The van der Waals surface area contributed by atoms with Crippen LogP contribution in [-0.2, 0) is 4.79 Å². The number of fused-ring (bicyclic) bond motifs is 1. The third kappa shape index (κ3) is 4.20. The predicted octanol–water partition coefficient (Wildman–Crippen LogP) is 1.58. The first-order chi connectivity index (χ1) is 11.1. The first-order valence-electron chi connectivity index (χ1n) is 8.31. The first kappa shape index (κ1) is 16.2. The minimum Gasteiger partial charge on any atom is -0.493 e. The lowest BCUT2D eigenvalue weighted by molar-refractivity contribution is -0.119. The lowest BCUT2D eigenvalue weighted by atomic mass is 9.98. The Balaban J connectivity index is 1.61.